The van der Waals surface area contributed by atoms with Gasteiger partial charge >= 0.3 is 0 Å². The van der Waals surface area contributed by atoms with Crippen LogP contribution >= 0.6 is 15.9 Å². The zero-order chi connectivity index (χ0) is 10.2. The number of rotatable bonds is 6. The maximum Gasteiger partial charge on any atom is 0.0716 e. The van der Waals surface area contributed by atoms with Gasteiger partial charge in [-0.3, -0.25) is 0 Å². The standard InChI is InChI=1S/C12H15BrO/c1-11(13)6-5-9-14-10-12-7-3-2-4-8-12/h2-4,7-8H,1,5-6,9-10H2. The quantitative estimate of drug-likeness (QED) is 0.700. The van der Waals surface area contributed by atoms with Crippen molar-refractivity contribution < 1.29 is 4.74 Å². The Labute approximate surface area is 93.9 Å². The van der Waals surface area contributed by atoms with Crippen molar-refractivity contribution in [3.8, 4) is 0 Å². The molecular formula is C12H15BrO. The zero-order valence-corrected chi connectivity index (χ0v) is 9.79. The molecule has 0 unspecified atom stereocenters. The lowest BCUT2D eigenvalue weighted by Crippen LogP contribution is -1.95. The highest BCUT2D eigenvalue weighted by atomic mass is 79.9. The predicted octanol–water partition coefficient (Wildman–Crippen LogP) is 3.89. The van der Waals surface area contributed by atoms with Crippen LogP contribution in [0.15, 0.2) is 41.4 Å². The fourth-order valence-electron chi connectivity index (χ4n) is 1.13. The van der Waals surface area contributed by atoms with Crippen molar-refractivity contribution in [3.63, 3.8) is 0 Å². The molecule has 0 N–H and O–H groups in total. The van der Waals surface area contributed by atoms with E-state index < -0.39 is 0 Å². The molecule has 0 aliphatic heterocycles. The fraction of sp³-hybridized carbons (Fsp3) is 0.333. The van der Waals surface area contributed by atoms with Gasteiger partial charge in [0.25, 0.3) is 0 Å². The smallest absolute Gasteiger partial charge is 0.0716 e. The van der Waals surface area contributed by atoms with Crippen LogP contribution in [-0.2, 0) is 11.3 Å². The summed E-state index contributed by atoms with van der Waals surface area (Å²) >= 11 is 3.32. The normalized spacial score (nSPS) is 10.1. The van der Waals surface area contributed by atoms with E-state index in [1.807, 2.05) is 18.2 Å². The third kappa shape index (κ3) is 5.20. The van der Waals surface area contributed by atoms with Gasteiger partial charge in [-0.05, 0) is 22.9 Å². The molecule has 0 saturated carbocycles. The molecule has 0 fully saturated rings. The second-order valence-electron chi connectivity index (χ2n) is 3.16. The van der Waals surface area contributed by atoms with Gasteiger partial charge in [-0.2, -0.15) is 0 Å². The summed E-state index contributed by atoms with van der Waals surface area (Å²) in [5, 5.41) is 0. The van der Waals surface area contributed by atoms with Gasteiger partial charge in [-0.15, -0.1) is 0 Å². The lowest BCUT2D eigenvalue weighted by Gasteiger charge is -2.03. The summed E-state index contributed by atoms with van der Waals surface area (Å²) in [5.74, 6) is 0. The number of halogens is 1. The van der Waals surface area contributed by atoms with Crippen molar-refractivity contribution in [2.75, 3.05) is 6.61 Å². The summed E-state index contributed by atoms with van der Waals surface area (Å²) in [5.41, 5.74) is 1.23. The summed E-state index contributed by atoms with van der Waals surface area (Å²) in [4.78, 5) is 0. The third-order valence-corrected chi connectivity index (χ3v) is 2.24. The highest BCUT2D eigenvalue weighted by Crippen LogP contribution is 2.09. The maximum absolute atomic E-state index is 5.51. The van der Waals surface area contributed by atoms with E-state index in [-0.39, 0.29) is 0 Å². The van der Waals surface area contributed by atoms with Crippen molar-refractivity contribution >= 4 is 15.9 Å². The monoisotopic (exact) mass is 254 g/mol. The second-order valence-corrected chi connectivity index (χ2v) is 4.28. The molecule has 1 nitrogen and oxygen atoms in total. The lowest BCUT2D eigenvalue weighted by atomic mass is 10.2. The molecule has 0 bridgehead atoms. The molecule has 14 heavy (non-hydrogen) atoms. The summed E-state index contributed by atoms with van der Waals surface area (Å²) in [6.45, 7) is 5.27. The van der Waals surface area contributed by atoms with Crippen LogP contribution in [0, 0.1) is 0 Å². The molecule has 1 aromatic carbocycles. The van der Waals surface area contributed by atoms with E-state index in [0.29, 0.717) is 6.61 Å². The van der Waals surface area contributed by atoms with Gasteiger partial charge in [0.15, 0.2) is 0 Å². The van der Waals surface area contributed by atoms with Crippen LogP contribution in [0.3, 0.4) is 0 Å². The Hall–Kier alpha value is -0.600. The topological polar surface area (TPSA) is 9.23 Å². The number of ether oxygens (including phenoxy) is 1. The van der Waals surface area contributed by atoms with Gasteiger partial charge in [0.1, 0.15) is 0 Å². The van der Waals surface area contributed by atoms with Crippen LogP contribution in [0.25, 0.3) is 0 Å². The molecule has 0 aliphatic rings. The summed E-state index contributed by atoms with van der Waals surface area (Å²) in [7, 11) is 0. The Balaban J connectivity index is 2.08. The van der Waals surface area contributed by atoms with Crippen molar-refractivity contribution in [1.82, 2.24) is 0 Å². The molecule has 0 heterocycles. The Bertz CT molecular complexity index is 269. The molecule has 0 amide bonds. The van der Waals surface area contributed by atoms with E-state index in [0.717, 1.165) is 23.9 Å². The van der Waals surface area contributed by atoms with E-state index in [1.54, 1.807) is 0 Å². The van der Waals surface area contributed by atoms with E-state index >= 15 is 0 Å². The molecule has 2 heteroatoms. The van der Waals surface area contributed by atoms with Crippen molar-refractivity contribution in [1.29, 1.82) is 0 Å². The van der Waals surface area contributed by atoms with E-state index in [2.05, 4.69) is 34.6 Å². The molecule has 76 valence electrons. The van der Waals surface area contributed by atoms with Crippen LogP contribution in [0.1, 0.15) is 18.4 Å². The maximum atomic E-state index is 5.51. The van der Waals surface area contributed by atoms with Gasteiger partial charge in [-0.25, -0.2) is 0 Å². The Morgan fingerprint density at radius 1 is 1.29 bits per heavy atom. The van der Waals surface area contributed by atoms with Crippen LogP contribution in [0.4, 0.5) is 0 Å². The first-order valence-corrected chi connectivity index (χ1v) is 5.53. The zero-order valence-electron chi connectivity index (χ0n) is 8.21. The average molecular weight is 255 g/mol. The summed E-state index contributed by atoms with van der Waals surface area (Å²) in [6.07, 6.45) is 2.01. The number of hydrogen-bond donors (Lipinski definition) is 0. The Morgan fingerprint density at radius 2 is 2.00 bits per heavy atom. The highest BCUT2D eigenvalue weighted by molar-refractivity contribution is 9.11. The first-order valence-electron chi connectivity index (χ1n) is 4.74. The van der Waals surface area contributed by atoms with Gasteiger partial charge in [0, 0.05) is 6.61 Å². The van der Waals surface area contributed by atoms with Gasteiger partial charge in [0.2, 0.25) is 0 Å². The van der Waals surface area contributed by atoms with Crippen LogP contribution in [0.2, 0.25) is 0 Å². The molecule has 0 saturated heterocycles. The van der Waals surface area contributed by atoms with E-state index in [4.69, 9.17) is 4.74 Å². The molecule has 1 rings (SSSR count). The van der Waals surface area contributed by atoms with E-state index in [1.165, 1.54) is 5.56 Å². The third-order valence-electron chi connectivity index (χ3n) is 1.85. The first kappa shape index (κ1) is 11.5. The van der Waals surface area contributed by atoms with Gasteiger partial charge < -0.3 is 4.74 Å². The molecule has 1 aromatic rings. The van der Waals surface area contributed by atoms with Crippen LogP contribution in [-0.4, -0.2) is 6.61 Å². The van der Waals surface area contributed by atoms with Crippen molar-refractivity contribution in [3.05, 3.63) is 47.0 Å². The Kier molecular flexibility index (Phi) is 5.57. The van der Waals surface area contributed by atoms with Crippen LogP contribution in [0.5, 0.6) is 0 Å². The summed E-state index contributed by atoms with van der Waals surface area (Å²) < 4.78 is 6.55. The number of benzene rings is 1. The molecule has 0 atom stereocenters. The highest BCUT2D eigenvalue weighted by Gasteiger charge is 1.92. The molecule has 0 aromatic heterocycles. The molecule has 0 aliphatic carbocycles. The fourth-order valence-corrected chi connectivity index (χ4v) is 1.41. The number of hydrogen-bond acceptors (Lipinski definition) is 1. The average Bonchev–Trinajstić information content (AvgIpc) is 2.18. The molecular weight excluding hydrogens is 240 g/mol. The molecule has 0 spiro atoms. The SMILES string of the molecule is C=C(Br)CCCOCc1ccccc1. The summed E-state index contributed by atoms with van der Waals surface area (Å²) in [6, 6.07) is 10.2. The molecule has 0 radical (unpaired) electrons. The lowest BCUT2D eigenvalue weighted by molar-refractivity contribution is 0.119. The van der Waals surface area contributed by atoms with Gasteiger partial charge in [0.05, 0.1) is 6.61 Å². The minimum absolute atomic E-state index is 0.704. The first-order chi connectivity index (χ1) is 6.79. The Morgan fingerprint density at radius 3 is 2.64 bits per heavy atom. The van der Waals surface area contributed by atoms with E-state index in [9.17, 15) is 0 Å². The minimum atomic E-state index is 0.704. The second kappa shape index (κ2) is 6.80. The number of allylic oxidation sites excluding steroid dienone is 1. The van der Waals surface area contributed by atoms with Crippen LogP contribution < -0.4 is 0 Å². The predicted molar refractivity (Wildman–Crippen MR) is 63.4 cm³/mol. The van der Waals surface area contributed by atoms with Gasteiger partial charge in [-0.1, -0.05) is 52.8 Å². The minimum Gasteiger partial charge on any atom is -0.377 e. The largest absolute Gasteiger partial charge is 0.377 e. The van der Waals surface area contributed by atoms with Crippen molar-refractivity contribution in [2.45, 2.75) is 19.4 Å². The van der Waals surface area contributed by atoms with Crippen molar-refractivity contribution in [2.24, 2.45) is 0 Å².